The van der Waals surface area contributed by atoms with E-state index in [1.165, 1.54) is 10.8 Å². The monoisotopic (exact) mass is 358 g/mol. The minimum absolute atomic E-state index is 0.0420. The Balaban J connectivity index is 2.25. The van der Waals surface area contributed by atoms with Crippen molar-refractivity contribution in [2.45, 2.75) is 32.9 Å². The molecule has 3 N–H and O–H groups in total. The minimum Gasteiger partial charge on any atom is -0.465 e. The maximum atomic E-state index is 12.6. The molecule has 0 aliphatic heterocycles. The van der Waals surface area contributed by atoms with Crippen LogP contribution in [0.3, 0.4) is 0 Å². The number of rotatable bonds is 8. The Bertz CT molecular complexity index is 833. The van der Waals surface area contributed by atoms with Gasteiger partial charge in [0.1, 0.15) is 12.6 Å². The van der Waals surface area contributed by atoms with E-state index >= 15 is 0 Å². The number of primary amides is 1. The van der Waals surface area contributed by atoms with Crippen molar-refractivity contribution in [3.63, 3.8) is 0 Å². The van der Waals surface area contributed by atoms with E-state index in [9.17, 15) is 14.4 Å². The molecule has 8 nitrogen and oxygen atoms in total. The lowest BCUT2D eigenvalue weighted by atomic mass is 10.1. The second kappa shape index (κ2) is 8.80. The summed E-state index contributed by atoms with van der Waals surface area (Å²) in [6.45, 7) is 3.35. The SMILES string of the molecule is CCOC(=O)Cn1c(C)cnc(NC(Cc2ccccc2)C(N)=O)c1=O. The second-order valence-corrected chi connectivity index (χ2v) is 5.73. The highest BCUT2D eigenvalue weighted by atomic mass is 16.5. The summed E-state index contributed by atoms with van der Waals surface area (Å²) in [6, 6.07) is 8.48. The first-order valence-corrected chi connectivity index (χ1v) is 8.24. The summed E-state index contributed by atoms with van der Waals surface area (Å²) in [5, 5.41) is 2.80. The van der Waals surface area contributed by atoms with E-state index in [0.717, 1.165) is 5.56 Å². The lowest BCUT2D eigenvalue weighted by Gasteiger charge is -2.17. The molecule has 1 aromatic heterocycles. The number of hydrogen-bond acceptors (Lipinski definition) is 6. The molecule has 2 aromatic rings. The number of nitrogens with zero attached hydrogens (tertiary/aromatic N) is 2. The predicted octanol–water partition coefficient (Wildman–Crippen LogP) is 0.623. The van der Waals surface area contributed by atoms with Gasteiger partial charge in [-0.3, -0.25) is 19.0 Å². The predicted molar refractivity (Wildman–Crippen MR) is 96.6 cm³/mol. The van der Waals surface area contributed by atoms with Crippen LogP contribution in [0.4, 0.5) is 5.82 Å². The highest BCUT2D eigenvalue weighted by Gasteiger charge is 2.20. The quantitative estimate of drug-likeness (QED) is 0.668. The van der Waals surface area contributed by atoms with Crippen LogP contribution in [-0.4, -0.2) is 34.1 Å². The zero-order valence-corrected chi connectivity index (χ0v) is 14.8. The average molecular weight is 358 g/mol. The summed E-state index contributed by atoms with van der Waals surface area (Å²) in [6.07, 6.45) is 1.76. The van der Waals surface area contributed by atoms with Gasteiger partial charge in [-0.1, -0.05) is 30.3 Å². The minimum atomic E-state index is -0.809. The average Bonchev–Trinajstić information content (AvgIpc) is 2.61. The highest BCUT2D eigenvalue weighted by Crippen LogP contribution is 2.07. The third-order valence-electron chi connectivity index (χ3n) is 3.78. The fourth-order valence-corrected chi connectivity index (χ4v) is 2.44. The summed E-state index contributed by atoms with van der Waals surface area (Å²) in [4.78, 5) is 40.2. The zero-order chi connectivity index (χ0) is 19.1. The highest BCUT2D eigenvalue weighted by molar-refractivity contribution is 5.83. The molecule has 0 saturated carbocycles. The Kier molecular flexibility index (Phi) is 6.48. The molecule has 0 bridgehead atoms. The van der Waals surface area contributed by atoms with Crippen LogP contribution in [0.1, 0.15) is 18.2 Å². The Hall–Kier alpha value is -3.16. The number of hydrogen-bond donors (Lipinski definition) is 2. The van der Waals surface area contributed by atoms with Gasteiger partial charge in [0.15, 0.2) is 5.82 Å². The van der Waals surface area contributed by atoms with Crippen molar-refractivity contribution in [1.29, 1.82) is 0 Å². The van der Waals surface area contributed by atoms with E-state index in [-0.39, 0.29) is 19.0 Å². The van der Waals surface area contributed by atoms with Crippen LogP contribution in [-0.2, 0) is 27.3 Å². The number of benzene rings is 1. The number of nitrogens with one attached hydrogen (secondary N) is 1. The van der Waals surface area contributed by atoms with Crippen molar-refractivity contribution in [2.24, 2.45) is 5.73 Å². The molecule has 0 fully saturated rings. The Morgan fingerprint density at radius 3 is 2.62 bits per heavy atom. The van der Waals surface area contributed by atoms with Crippen molar-refractivity contribution in [3.05, 3.63) is 58.1 Å². The van der Waals surface area contributed by atoms with Gasteiger partial charge >= 0.3 is 5.97 Å². The van der Waals surface area contributed by atoms with Crippen LogP contribution in [0.5, 0.6) is 0 Å². The molecule has 0 radical (unpaired) electrons. The maximum absolute atomic E-state index is 12.6. The number of carbonyl (C=O) groups excluding carboxylic acids is 2. The number of amides is 1. The summed E-state index contributed by atoms with van der Waals surface area (Å²) < 4.78 is 6.12. The van der Waals surface area contributed by atoms with E-state index < -0.39 is 23.5 Å². The molecule has 1 unspecified atom stereocenters. The van der Waals surface area contributed by atoms with E-state index in [0.29, 0.717) is 12.1 Å². The number of nitrogens with two attached hydrogens (primary N) is 1. The van der Waals surface area contributed by atoms with E-state index in [4.69, 9.17) is 10.5 Å². The molecule has 1 aromatic carbocycles. The van der Waals surface area contributed by atoms with Crippen LogP contribution >= 0.6 is 0 Å². The van der Waals surface area contributed by atoms with Crippen molar-refractivity contribution >= 4 is 17.7 Å². The largest absolute Gasteiger partial charge is 0.465 e. The molecule has 0 saturated heterocycles. The van der Waals surface area contributed by atoms with Gasteiger partial charge in [-0.25, -0.2) is 4.98 Å². The molecule has 0 aliphatic carbocycles. The van der Waals surface area contributed by atoms with Gasteiger partial charge in [0.05, 0.1) is 6.61 Å². The lowest BCUT2D eigenvalue weighted by molar-refractivity contribution is -0.143. The molecule has 0 aliphatic rings. The first-order chi connectivity index (χ1) is 12.4. The smallest absolute Gasteiger partial charge is 0.326 e. The first kappa shape index (κ1) is 19.2. The molecule has 1 atom stereocenters. The lowest BCUT2D eigenvalue weighted by Crippen LogP contribution is -2.40. The third-order valence-corrected chi connectivity index (χ3v) is 3.78. The topological polar surface area (TPSA) is 116 Å². The fourth-order valence-electron chi connectivity index (χ4n) is 2.44. The molecule has 138 valence electrons. The Labute approximate surface area is 151 Å². The van der Waals surface area contributed by atoms with Crippen molar-refractivity contribution in [2.75, 3.05) is 11.9 Å². The summed E-state index contributed by atoms with van der Waals surface area (Å²) in [7, 11) is 0. The van der Waals surface area contributed by atoms with E-state index in [2.05, 4.69) is 10.3 Å². The summed E-state index contributed by atoms with van der Waals surface area (Å²) in [5.41, 5.74) is 6.34. The van der Waals surface area contributed by atoms with Gasteiger partial charge in [0.2, 0.25) is 5.91 Å². The van der Waals surface area contributed by atoms with Crippen molar-refractivity contribution in [1.82, 2.24) is 9.55 Å². The maximum Gasteiger partial charge on any atom is 0.326 e. The number of aromatic nitrogens is 2. The number of aryl methyl sites for hydroxylation is 1. The Morgan fingerprint density at radius 1 is 1.31 bits per heavy atom. The first-order valence-electron chi connectivity index (χ1n) is 8.24. The summed E-state index contributed by atoms with van der Waals surface area (Å²) >= 11 is 0. The van der Waals surface area contributed by atoms with E-state index in [1.807, 2.05) is 30.3 Å². The van der Waals surface area contributed by atoms with Crippen LogP contribution in [0.15, 0.2) is 41.3 Å². The van der Waals surface area contributed by atoms with Crippen LogP contribution in [0, 0.1) is 6.92 Å². The molecular formula is C18H22N4O4. The van der Waals surface area contributed by atoms with Gasteiger partial charge in [-0.2, -0.15) is 0 Å². The molecule has 8 heteroatoms. The number of carbonyl (C=O) groups is 2. The molecule has 26 heavy (non-hydrogen) atoms. The van der Waals surface area contributed by atoms with Crippen molar-refractivity contribution in [3.8, 4) is 0 Å². The van der Waals surface area contributed by atoms with Crippen LogP contribution in [0.25, 0.3) is 0 Å². The summed E-state index contributed by atoms with van der Waals surface area (Å²) in [5.74, 6) is -1.17. The van der Waals surface area contributed by atoms with Gasteiger partial charge in [-0.15, -0.1) is 0 Å². The molecule has 2 rings (SSSR count). The van der Waals surface area contributed by atoms with Crippen LogP contribution in [0.2, 0.25) is 0 Å². The van der Waals surface area contributed by atoms with Crippen LogP contribution < -0.4 is 16.6 Å². The van der Waals surface area contributed by atoms with Gasteiger partial charge < -0.3 is 15.8 Å². The number of esters is 1. The molecular weight excluding hydrogens is 336 g/mol. The van der Waals surface area contributed by atoms with Gasteiger partial charge in [0.25, 0.3) is 5.56 Å². The molecule has 0 spiro atoms. The third kappa shape index (κ3) is 4.92. The fraction of sp³-hybridized carbons (Fsp3) is 0.333. The standard InChI is InChI=1S/C18H22N4O4/c1-3-26-15(23)11-22-12(2)10-20-17(18(22)25)21-14(16(19)24)9-13-7-5-4-6-8-13/h4-8,10,14H,3,9,11H2,1-2H3,(H2,19,24)(H,20,21). The molecule has 1 heterocycles. The van der Waals surface area contributed by atoms with Crippen molar-refractivity contribution < 1.29 is 14.3 Å². The normalized spacial score (nSPS) is 11.6. The Morgan fingerprint density at radius 2 is 2.00 bits per heavy atom. The van der Waals surface area contributed by atoms with Gasteiger partial charge in [-0.05, 0) is 19.4 Å². The van der Waals surface area contributed by atoms with E-state index in [1.54, 1.807) is 13.8 Å². The zero-order valence-electron chi connectivity index (χ0n) is 14.8. The number of anilines is 1. The number of ether oxygens (including phenoxy) is 1. The second-order valence-electron chi connectivity index (χ2n) is 5.73. The van der Waals surface area contributed by atoms with Gasteiger partial charge in [0, 0.05) is 18.3 Å². The molecule has 1 amide bonds.